The molecule has 0 aromatic heterocycles. The molecule has 0 heterocycles. The van der Waals surface area contributed by atoms with E-state index in [1.54, 1.807) is 0 Å². The Bertz CT molecular complexity index is 411. The van der Waals surface area contributed by atoms with E-state index in [0.29, 0.717) is 12.8 Å². The minimum atomic E-state index is -1.77. The van der Waals surface area contributed by atoms with Gasteiger partial charge in [-0.3, -0.25) is 14.4 Å². The highest BCUT2D eigenvalue weighted by atomic mass is 16.7. The van der Waals surface area contributed by atoms with E-state index < -0.39 is 29.1 Å². The van der Waals surface area contributed by atoms with E-state index in [1.807, 2.05) is 0 Å². The summed E-state index contributed by atoms with van der Waals surface area (Å²) < 4.78 is 4.72. The Labute approximate surface area is 110 Å². The molecular formula is C13H16O6. The van der Waals surface area contributed by atoms with Crippen LogP contribution in [0.15, 0.2) is 0 Å². The van der Waals surface area contributed by atoms with Crippen LogP contribution in [-0.4, -0.2) is 34.2 Å². The summed E-state index contributed by atoms with van der Waals surface area (Å²) in [6, 6.07) is 0. The van der Waals surface area contributed by atoms with Gasteiger partial charge >= 0.3 is 6.16 Å². The molecule has 0 bridgehead atoms. The van der Waals surface area contributed by atoms with Crippen LogP contribution >= 0.6 is 0 Å². The summed E-state index contributed by atoms with van der Waals surface area (Å²) >= 11 is 0. The third-order valence-corrected chi connectivity index (χ3v) is 3.82. The van der Waals surface area contributed by atoms with Crippen LogP contribution in [0, 0.1) is 5.92 Å². The monoisotopic (exact) mass is 268 g/mol. The van der Waals surface area contributed by atoms with Crippen molar-refractivity contribution in [3.63, 3.8) is 0 Å². The Morgan fingerprint density at radius 1 is 1.11 bits per heavy atom. The smallest absolute Gasteiger partial charge is 0.450 e. The minimum Gasteiger partial charge on any atom is -0.450 e. The van der Waals surface area contributed by atoms with E-state index in [0.717, 1.165) is 12.8 Å². The summed E-state index contributed by atoms with van der Waals surface area (Å²) in [7, 11) is 0. The van der Waals surface area contributed by atoms with Gasteiger partial charge in [-0.05, 0) is 12.8 Å². The second-order valence-electron chi connectivity index (χ2n) is 5.32. The van der Waals surface area contributed by atoms with E-state index >= 15 is 0 Å². The lowest BCUT2D eigenvalue weighted by molar-refractivity contribution is -0.156. The predicted molar refractivity (Wildman–Crippen MR) is 62.7 cm³/mol. The lowest BCUT2D eigenvalue weighted by Crippen LogP contribution is -2.51. The number of carbonyl (C=O) groups excluding carboxylic acids is 3. The van der Waals surface area contributed by atoms with Crippen LogP contribution in [0.2, 0.25) is 0 Å². The second-order valence-corrected chi connectivity index (χ2v) is 5.32. The van der Waals surface area contributed by atoms with Crippen LogP contribution in [0.4, 0.5) is 4.79 Å². The molecule has 2 aliphatic rings. The Kier molecular flexibility index (Phi) is 3.68. The van der Waals surface area contributed by atoms with E-state index in [4.69, 9.17) is 9.84 Å². The van der Waals surface area contributed by atoms with E-state index in [1.165, 1.54) is 0 Å². The van der Waals surface area contributed by atoms with Crippen molar-refractivity contribution in [3.05, 3.63) is 0 Å². The van der Waals surface area contributed by atoms with Gasteiger partial charge in [0.2, 0.25) is 0 Å². The Morgan fingerprint density at radius 2 is 1.63 bits per heavy atom. The predicted octanol–water partition coefficient (Wildman–Crippen LogP) is 1.50. The Morgan fingerprint density at radius 3 is 2.11 bits per heavy atom. The lowest BCUT2D eigenvalue weighted by Gasteiger charge is -2.34. The summed E-state index contributed by atoms with van der Waals surface area (Å²) in [4.78, 5) is 46.4. The highest BCUT2D eigenvalue weighted by Gasteiger charge is 2.51. The summed E-state index contributed by atoms with van der Waals surface area (Å²) in [6.45, 7) is 0. The molecule has 0 aromatic rings. The molecule has 104 valence electrons. The van der Waals surface area contributed by atoms with Gasteiger partial charge in [-0.15, -0.1) is 0 Å². The molecule has 0 unspecified atom stereocenters. The SMILES string of the molecule is O=C1CC(=O)CC(OC(=O)O)(C(=O)C2CCCC2)C1. The van der Waals surface area contributed by atoms with Gasteiger partial charge in [-0.25, -0.2) is 4.79 Å². The largest absolute Gasteiger partial charge is 0.506 e. The summed E-state index contributed by atoms with van der Waals surface area (Å²) in [6.07, 6.45) is 0.693. The summed E-state index contributed by atoms with van der Waals surface area (Å²) in [5, 5.41) is 8.80. The second kappa shape index (κ2) is 5.11. The van der Waals surface area contributed by atoms with Crippen LogP contribution in [-0.2, 0) is 19.1 Å². The van der Waals surface area contributed by atoms with Crippen molar-refractivity contribution in [1.82, 2.24) is 0 Å². The Balaban J connectivity index is 2.27. The van der Waals surface area contributed by atoms with Crippen LogP contribution in [0.3, 0.4) is 0 Å². The maximum atomic E-state index is 12.5. The van der Waals surface area contributed by atoms with Gasteiger partial charge in [-0.1, -0.05) is 12.8 Å². The van der Waals surface area contributed by atoms with Crippen LogP contribution < -0.4 is 0 Å². The van der Waals surface area contributed by atoms with Crippen molar-refractivity contribution in [2.24, 2.45) is 5.92 Å². The van der Waals surface area contributed by atoms with Gasteiger partial charge < -0.3 is 9.84 Å². The first-order valence-electron chi connectivity index (χ1n) is 6.42. The highest BCUT2D eigenvalue weighted by Crippen LogP contribution is 2.36. The number of hydrogen-bond acceptors (Lipinski definition) is 5. The molecule has 19 heavy (non-hydrogen) atoms. The molecule has 2 rings (SSSR count). The first-order chi connectivity index (χ1) is 8.93. The zero-order valence-electron chi connectivity index (χ0n) is 10.5. The molecule has 6 heteroatoms. The van der Waals surface area contributed by atoms with E-state index in [2.05, 4.69) is 0 Å². The number of ketones is 3. The van der Waals surface area contributed by atoms with Crippen molar-refractivity contribution < 1.29 is 29.0 Å². The molecule has 2 saturated carbocycles. The van der Waals surface area contributed by atoms with Crippen molar-refractivity contribution in [3.8, 4) is 0 Å². The number of Topliss-reactive ketones (excluding diaryl/α,β-unsaturated/α-hetero) is 3. The molecule has 6 nitrogen and oxygen atoms in total. The van der Waals surface area contributed by atoms with Gasteiger partial charge in [0, 0.05) is 5.92 Å². The molecule has 0 spiro atoms. The molecule has 0 radical (unpaired) electrons. The first kappa shape index (κ1) is 13.7. The fourth-order valence-electron chi connectivity index (χ4n) is 3.07. The number of rotatable bonds is 3. The number of carbonyl (C=O) groups is 4. The van der Waals surface area contributed by atoms with Gasteiger partial charge in [0.25, 0.3) is 0 Å². The standard InChI is InChI=1S/C13H16O6/c14-9-5-10(15)7-13(6-9,19-12(17)18)11(16)8-3-1-2-4-8/h8H,1-7H2,(H,17,18). The van der Waals surface area contributed by atoms with Gasteiger partial charge in [-0.2, -0.15) is 0 Å². The number of carboxylic acid groups (broad SMARTS) is 1. The Hall–Kier alpha value is -1.72. The van der Waals surface area contributed by atoms with Crippen molar-refractivity contribution >= 4 is 23.5 Å². The van der Waals surface area contributed by atoms with Gasteiger partial charge in [0.1, 0.15) is 11.6 Å². The molecule has 1 N–H and O–H groups in total. The van der Waals surface area contributed by atoms with Gasteiger partial charge in [0.15, 0.2) is 11.4 Å². The quantitative estimate of drug-likeness (QED) is 0.615. The molecule has 0 atom stereocenters. The molecule has 0 aromatic carbocycles. The number of ether oxygens (including phenoxy) is 1. The van der Waals surface area contributed by atoms with Crippen LogP contribution in [0.5, 0.6) is 0 Å². The molecular weight excluding hydrogens is 252 g/mol. The van der Waals surface area contributed by atoms with Crippen molar-refractivity contribution in [2.45, 2.75) is 50.5 Å². The maximum absolute atomic E-state index is 12.5. The lowest BCUT2D eigenvalue weighted by atomic mass is 9.76. The third-order valence-electron chi connectivity index (χ3n) is 3.82. The average Bonchev–Trinajstić information content (AvgIpc) is 2.78. The summed E-state index contributed by atoms with van der Waals surface area (Å²) in [5.74, 6) is -1.54. The van der Waals surface area contributed by atoms with Crippen LogP contribution in [0.1, 0.15) is 44.9 Å². The minimum absolute atomic E-state index is 0.233. The molecule has 2 fully saturated rings. The summed E-state index contributed by atoms with van der Waals surface area (Å²) in [5.41, 5.74) is -1.77. The number of hydrogen-bond donors (Lipinski definition) is 1. The molecule has 0 amide bonds. The van der Waals surface area contributed by atoms with Crippen LogP contribution in [0.25, 0.3) is 0 Å². The molecule has 2 aliphatic carbocycles. The van der Waals surface area contributed by atoms with E-state index in [9.17, 15) is 19.2 Å². The average molecular weight is 268 g/mol. The van der Waals surface area contributed by atoms with Gasteiger partial charge in [0.05, 0.1) is 19.3 Å². The third kappa shape index (κ3) is 2.83. The van der Waals surface area contributed by atoms with E-state index in [-0.39, 0.29) is 25.2 Å². The topological polar surface area (TPSA) is 97.7 Å². The molecule has 0 saturated heterocycles. The normalized spacial score (nSPS) is 23.4. The highest BCUT2D eigenvalue weighted by molar-refractivity contribution is 6.09. The molecule has 0 aliphatic heterocycles. The fraction of sp³-hybridized carbons (Fsp3) is 0.692. The zero-order chi connectivity index (χ0) is 14.0. The fourth-order valence-corrected chi connectivity index (χ4v) is 3.07. The van der Waals surface area contributed by atoms with Crippen molar-refractivity contribution in [1.29, 1.82) is 0 Å². The van der Waals surface area contributed by atoms with Crippen molar-refractivity contribution in [2.75, 3.05) is 0 Å². The zero-order valence-corrected chi connectivity index (χ0v) is 10.5. The maximum Gasteiger partial charge on any atom is 0.506 e. The first-order valence-corrected chi connectivity index (χ1v) is 6.42.